The zero-order chi connectivity index (χ0) is 14.5. The highest BCUT2D eigenvalue weighted by molar-refractivity contribution is 5.94. The molecule has 4 nitrogen and oxygen atoms in total. The molecule has 0 spiro atoms. The molecule has 1 unspecified atom stereocenters. The second kappa shape index (κ2) is 6.05. The standard InChI is InChI=1S/C17H15N3O/c21-17(13-6-2-1-3-7-13)20-16-10-9-14(12-19-16)15-8-4-5-11-18-15/h1-12,16,19H,(H,20,21). The molecule has 0 saturated carbocycles. The Balaban J connectivity index is 1.63. The number of dihydropyridines is 1. The molecule has 104 valence electrons. The largest absolute Gasteiger partial charge is 0.367 e. The first-order valence-electron chi connectivity index (χ1n) is 6.75. The zero-order valence-corrected chi connectivity index (χ0v) is 11.4. The van der Waals surface area contributed by atoms with Gasteiger partial charge in [0.1, 0.15) is 6.17 Å². The predicted molar refractivity (Wildman–Crippen MR) is 82.2 cm³/mol. The van der Waals surface area contributed by atoms with Crippen LogP contribution in [0.3, 0.4) is 0 Å². The zero-order valence-electron chi connectivity index (χ0n) is 11.4. The van der Waals surface area contributed by atoms with Crippen molar-refractivity contribution in [3.63, 3.8) is 0 Å². The molecule has 1 amide bonds. The summed E-state index contributed by atoms with van der Waals surface area (Å²) in [4.78, 5) is 16.3. The van der Waals surface area contributed by atoms with Crippen molar-refractivity contribution in [1.29, 1.82) is 0 Å². The normalized spacial score (nSPS) is 16.8. The van der Waals surface area contributed by atoms with Crippen LogP contribution in [0.2, 0.25) is 0 Å². The van der Waals surface area contributed by atoms with Crippen LogP contribution in [0.15, 0.2) is 73.1 Å². The summed E-state index contributed by atoms with van der Waals surface area (Å²) in [6, 6.07) is 14.9. The molecule has 3 rings (SSSR count). The van der Waals surface area contributed by atoms with Gasteiger partial charge in [0.05, 0.1) is 5.69 Å². The third-order valence-corrected chi connectivity index (χ3v) is 3.17. The van der Waals surface area contributed by atoms with Gasteiger partial charge in [0.15, 0.2) is 0 Å². The van der Waals surface area contributed by atoms with Crippen LogP contribution in [-0.4, -0.2) is 17.1 Å². The first-order chi connectivity index (χ1) is 10.3. The van der Waals surface area contributed by atoms with Crippen LogP contribution in [0.1, 0.15) is 16.1 Å². The maximum absolute atomic E-state index is 12.0. The van der Waals surface area contributed by atoms with Crippen LogP contribution in [-0.2, 0) is 0 Å². The average Bonchev–Trinajstić information content (AvgIpc) is 2.57. The van der Waals surface area contributed by atoms with Crippen LogP contribution in [0, 0.1) is 0 Å². The Bertz CT molecular complexity index is 678. The molecule has 0 aliphatic carbocycles. The molecule has 0 saturated heterocycles. The number of amides is 1. The molecule has 0 bridgehead atoms. The lowest BCUT2D eigenvalue weighted by Gasteiger charge is -2.20. The summed E-state index contributed by atoms with van der Waals surface area (Å²) in [5.74, 6) is -0.104. The van der Waals surface area contributed by atoms with Crippen molar-refractivity contribution in [2.24, 2.45) is 0 Å². The number of allylic oxidation sites excluding steroid dienone is 2. The smallest absolute Gasteiger partial charge is 0.253 e. The Hall–Kier alpha value is -2.88. The molecule has 0 fully saturated rings. The number of pyridine rings is 1. The minimum absolute atomic E-state index is 0.104. The van der Waals surface area contributed by atoms with Gasteiger partial charge in [-0.15, -0.1) is 0 Å². The van der Waals surface area contributed by atoms with Gasteiger partial charge in [0.25, 0.3) is 5.91 Å². The third kappa shape index (κ3) is 3.17. The van der Waals surface area contributed by atoms with Crippen LogP contribution in [0.5, 0.6) is 0 Å². The molecule has 1 aliphatic heterocycles. The topological polar surface area (TPSA) is 54.0 Å². The Morgan fingerprint density at radius 2 is 1.90 bits per heavy atom. The van der Waals surface area contributed by atoms with Crippen molar-refractivity contribution < 1.29 is 4.79 Å². The van der Waals surface area contributed by atoms with Gasteiger partial charge in [0, 0.05) is 23.5 Å². The van der Waals surface area contributed by atoms with E-state index in [0.29, 0.717) is 5.56 Å². The highest BCUT2D eigenvalue weighted by Crippen LogP contribution is 2.14. The highest BCUT2D eigenvalue weighted by atomic mass is 16.1. The Labute approximate surface area is 123 Å². The highest BCUT2D eigenvalue weighted by Gasteiger charge is 2.13. The minimum Gasteiger partial charge on any atom is -0.367 e. The first-order valence-corrected chi connectivity index (χ1v) is 6.75. The van der Waals surface area contributed by atoms with E-state index >= 15 is 0 Å². The maximum Gasteiger partial charge on any atom is 0.253 e. The summed E-state index contributed by atoms with van der Waals surface area (Å²) in [6.07, 6.45) is 7.26. The van der Waals surface area contributed by atoms with Crippen molar-refractivity contribution in [2.75, 3.05) is 0 Å². The molecule has 2 aromatic rings. The van der Waals surface area contributed by atoms with Crippen molar-refractivity contribution >= 4 is 11.5 Å². The molecule has 1 aromatic carbocycles. The number of hydrogen-bond donors (Lipinski definition) is 2. The van der Waals surface area contributed by atoms with Crippen molar-refractivity contribution in [3.05, 3.63) is 84.3 Å². The van der Waals surface area contributed by atoms with E-state index in [1.807, 2.05) is 54.8 Å². The van der Waals surface area contributed by atoms with Crippen LogP contribution >= 0.6 is 0 Å². The Morgan fingerprint density at radius 3 is 2.57 bits per heavy atom. The monoisotopic (exact) mass is 277 g/mol. The average molecular weight is 277 g/mol. The molecular weight excluding hydrogens is 262 g/mol. The number of hydrogen-bond acceptors (Lipinski definition) is 3. The van der Waals surface area contributed by atoms with E-state index in [1.54, 1.807) is 18.3 Å². The van der Waals surface area contributed by atoms with E-state index in [0.717, 1.165) is 11.3 Å². The first kappa shape index (κ1) is 13.1. The lowest BCUT2D eigenvalue weighted by molar-refractivity contribution is 0.0941. The lowest BCUT2D eigenvalue weighted by Crippen LogP contribution is -2.42. The molecule has 4 heteroatoms. The second-order valence-electron chi connectivity index (χ2n) is 4.66. The summed E-state index contributed by atoms with van der Waals surface area (Å²) in [6.45, 7) is 0. The maximum atomic E-state index is 12.0. The van der Waals surface area contributed by atoms with E-state index in [1.165, 1.54) is 0 Å². The van der Waals surface area contributed by atoms with Gasteiger partial charge in [-0.1, -0.05) is 30.3 Å². The summed E-state index contributed by atoms with van der Waals surface area (Å²) < 4.78 is 0. The minimum atomic E-state index is -0.217. The van der Waals surface area contributed by atoms with E-state index < -0.39 is 0 Å². The number of benzene rings is 1. The van der Waals surface area contributed by atoms with E-state index in [4.69, 9.17) is 0 Å². The summed E-state index contributed by atoms with van der Waals surface area (Å²) in [7, 11) is 0. The summed E-state index contributed by atoms with van der Waals surface area (Å²) in [5, 5.41) is 6.05. The molecule has 2 heterocycles. The van der Waals surface area contributed by atoms with Gasteiger partial charge < -0.3 is 10.6 Å². The van der Waals surface area contributed by atoms with Gasteiger partial charge in [-0.2, -0.15) is 0 Å². The number of nitrogens with zero attached hydrogens (tertiary/aromatic N) is 1. The fraction of sp³-hybridized carbons (Fsp3) is 0.0588. The Kier molecular flexibility index (Phi) is 3.78. The quantitative estimate of drug-likeness (QED) is 0.905. The molecule has 0 radical (unpaired) electrons. The van der Waals surface area contributed by atoms with Crippen molar-refractivity contribution in [3.8, 4) is 0 Å². The molecule has 1 aliphatic rings. The van der Waals surface area contributed by atoms with Gasteiger partial charge in [-0.05, 0) is 30.3 Å². The van der Waals surface area contributed by atoms with E-state index in [2.05, 4.69) is 15.6 Å². The Morgan fingerprint density at radius 1 is 1.10 bits per heavy atom. The molecule has 21 heavy (non-hydrogen) atoms. The fourth-order valence-electron chi connectivity index (χ4n) is 2.08. The molecule has 2 N–H and O–H groups in total. The van der Waals surface area contributed by atoms with E-state index in [-0.39, 0.29) is 12.1 Å². The van der Waals surface area contributed by atoms with E-state index in [9.17, 15) is 4.79 Å². The van der Waals surface area contributed by atoms with Crippen molar-refractivity contribution in [1.82, 2.24) is 15.6 Å². The van der Waals surface area contributed by atoms with Gasteiger partial charge in [-0.25, -0.2) is 0 Å². The molecule has 1 atom stereocenters. The van der Waals surface area contributed by atoms with Crippen LogP contribution in [0.25, 0.3) is 5.57 Å². The number of rotatable bonds is 3. The number of carbonyl (C=O) groups is 1. The lowest BCUT2D eigenvalue weighted by atomic mass is 10.1. The number of nitrogens with one attached hydrogen (secondary N) is 2. The summed E-state index contributed by atoms with van der Waals surface area (Å²) >= 11 is 0. The second-order valence-corrected chi connectivity index (χ2v) is 4.66. The third-order valence-electron chi connectivity index (χ3n) is 3.17. The SMILES string of the molecule is O=C(NC1C=CC(c2ccccn2)=CN1)c1ccccc1. The van der Waals surface area contributed by atoms with Crippen molar-refractivity contribution in [2.45, 2.75) is 6.17 Å². The van der Waals surface area contributed by atoms with Crippen LogP contribution in [0.4, 0.5) is 0 Å². The van der Waals surface area contributed by atoms with Crippen LogP contribution < -0.4 is 10.6 Å². The molecule has 1 aromatic heterocycles. The number of aromatic nitrogens is 1. The van der Waals surface area contributed by atoms with Gasteiger partial charge in [-0.3, -0.25) is 9.78 Å². The van der Waals surface area contributed by atoms with Gasteiger partial charge in [0.2, 0.25) is 0 Å². The number of carbonyl (C=O) groups excluding carboxylic acids is 1. The molecular formula is C17H15N3O. The summed E-state index contributed by atoms with van der Waals surface area (Å²) in [5.41, 5.74) is 2.53. The predicted octanol–water partition coefficient (Wildman–Crippen LogP) is 2.34. The van der Waals surface area contributed by atoms with Gasteiger partial charge >= 0.3 is 0 Å². The fourth-order valence-corrected chi connectivity index (χ4v) is 2.08.